The first-order valence-corrected chi connectivity index (χ1v) is 6.77. The van der Waals surface area contributed by atoms with E-state index in [1.54, 1.807) is 19.1 Å². The van der Waals surface area contributed by atoms with Gasteiger partial charge in [0.1, 0.15) is 5.82 Å². The van der Waals surface area contributed by atoms with Gasteiger partial charge in [-0.15, -0.1) is 0 Å². The van der Waals surface area contributed by atoms with Gasteiger partial charge in [-0.25, -0.2) is 4.39 Å². The van der Waals surface area contributed by atoms with Crippen LogP contribution in [0.5, 0.6) is 0 Å². The van der Waals surface area contributed by atoms with Gasteiger partial charge in [-0.3, -0.25) is 9.69 Å². The number of carbonyl (C=O) groups is 1. The molecule has 0 bridgehead atoms. The summed E-state index contributed by atoms with van der Waals surface area (Å²) in [4.78, 5) is 13.9. The van der Waals surface area contributed by atoms with Crippen molar-refractivity contribution in [2.45, 2.75) is 33.2 Å². The number of nitrogens with zero attached hydrogens (tertiary/aromatic N) is 1. The van der Waals surface area contributed by atoms with Crippen molar-refractivity contribution in [1.29, 1.82) is 0 Å². The van der Waals surface area contributed by atoms with E-state index >= 15 is 0 Å². The number of ether oxygens (including phenoxy) is 1. The van der Waals surface area contributed by atoms with Crippen molar-refractivity contribution in [1.82, 2.24) is 4.90 Å². The van der Waals surface area contributed by atoms with Crippen LogP contribution in [-0.4, -0.2) is 30.6 Å². The first-order chi connectivity index (χ1) is 9.12. The summed E-state index contributed by atoms with van der Waals surface area (Å²) in [7, 11) is 0. The van der Waals surface area contributed by atoms with E-state index in [-0.39, 0.29) is 17.8 Å². The van der Waals surface area contributed by atoms with Gasteiger partial charge in [0.05, 0.1) is 13.0 Å². The molecule has 3 nitrogen and oxygen atoms in total. The van der Waals surface area contributed by atoms with Gasteiger partial charge in [0, 0.05) is 6.04 Å². The van der Waals surface area contributed by atoms with Crippen molar-refractivity contribution in [2.24, 2.45) is 0 Å². The SMILES string of the molecule is CCOC(=O)CC(c1ccc(F)cc1)N(CC)CC. The van der Waals surface area contributed by atoms with E-state index in [1.165, 1.54) is 12.1 Å². The number of halogens is 1. The van der Waals surface area contributed by atoms with Crippen LogP contribution in [0.4, 0.5) is 4.39 Å². The summed E-state index contributed by atoms with van der Waals surface area (Å²) >= 11 is 0. The molecule has 0 spiro atoms. The standard InChI is InChI=1S/C15H22FNO2/c1-4-17(5-2)14(11-15(18)19-6-3)12-7-9-13(16)10-8-12/h7-10,14H,4-6,11H2,1-3H3. The molecule has 1 atom stereocenters. The third kappa shape index (κ3) is 4.63. The molecule has 106 valence electrons. The third-order valence-electron chi connectivity index (χ3n) is 3.17. The minimum Gasteiger partial charge on any atom is -0.466 e. The molecule has 1 rings (SSSR count). The van der Waals surface area contributed by atoms with Crippen LogP contribution in [0.2, 0.25) is 0 Å². The van der Waals surface area contributed by atoms with Gasteiger partial charge in [0.25, 0.3) is 0 Å². The lowest BCUT2D eigenvalue weighted by atomic mass is 10.0. The van der Waals surface area contributed by atoms with E-state index in [0.717, 1.165) is 18.7 Å². The highest BCUT2D eigenvalue weighted by Crippen LogP contribution is 2.24. The third-order valence-corrected chi connectivity index (χ3v) is 3.17. The number of rotatable bonds is 7. The predicted molar refractivity (Wildman–Crippen MR) is 73.3 cm³/mol. The summed E-state index contributed by atoms with van der Waals surface area (Å²) in [5.41, 5.74) is 0.943. The van der Waals surface area contributed by atoms with E-state index in [0.29, 0.717) is 13.0 Å². The zero-order valence-electron chi connectivity index (χ0n) is 11.9. The Morgan fingerprint density at radius 1 is 1.21 bits per heavy atom. The molecule has 0 fully saturated rings. The van der Waals surface area contributed by atoms with Crippen LogP contribution in [0.25, 0.3) is 0 Å². The van der Waals surface area contributed by atoms with Gasteiger partial charge in [0.2, 0.25) is 0 Å². The second-order valence-electron chi connectivity index (χ2n) is 4.30. The summed E-state index contributed by atoms with van der Waals surface area (Å²) in [6.07, 6.45) is 0.293. The highest BCUT2D eigenvalue weighted by atomic mass is 19.1. The van der Waals surface area contributed by atoms with E-state index in [1.807, 2.05) is 13.8 Å². The lowest BCUT2D eigenvalue weighted by molar-refractivity contribution is -0.144. The van der Waals surface area contributed by atoms with Crippen LogP contribution in [0.15, 0.2) is 24.3 Å². The minimum absolute atomic E-state index is 0.0605. The molecule has 19 heavy (non-hydrogen) atoms. The van der Waals surface area contributed by atoms with Crippen LogP contribution in [0.3, 0.4) is 0 Å². The fraction of sp³-hybridized carbons (Fsp3) is 0.533. The number of esters is 1. The Kier molecular flexibility index (Phi) is 6.50. The molecule has 0 heterocycles. The molecule has 0 amide bonds. The van der Waals surface area contributed by atoms with E-state index in [2.05, 4.69) is 4.90 Å². The highest BCUT2D eigenvalue weighted by Gasteiger charge is 2.21. The molecule has 1 aromatic carbocycles. The maximum absolute atomic E-state index is 13.0. The van der Waals surface area contributed by atoms with Gasteiger partial charge < -0.3 is 4.74 Å². The molecule has 1 unspecified atom stereocenters. The number of hydrogen-bond donors (Lipinski definition) is 0. The second-order valence-corrected chi connectivity index (χ2v) is 4.30. The topological polar surface area (TPSA) is 29.5 Å². The lowest BCUT2D eigenvalue weighted by Gasteiger charge is -2.29. The van der Waals surface area contributed by atoms with Gasteiger partial charge >= 0.3 is 5.97 Å². The summed E-state index contributed by atoms with van der Waals surface area (Å²) in [5, 5.41) is 0. The number of benzene rings is 1. The van der Waals surface area contributed by atoms with Crippen LogP contribution in [0, 0.1) is 5.82 Å². The Bertz CT molecular complexity index is 388. The van der Waals surface area contributed by atoms with E-state index in [4.69, 9.17) is 4.74 Å². The molecule has 0 aliphatic carbocycles. The quantitative estimate of drug-likeness (QED) is 0.711. The zero-order chi connectivity index (χ0) is 14.3. The van der Waals surface area contributed by atoms with Crippen molar-refractivity contribution >= 4 is 5.97 Å². The maximum atomic E-state index is 13.0. The average Bonchev–Trinajstić information content (AvgIpc) is 2.40. The Morgan fingerprint density at radius 3 is 2.26 bits per heavy atom. The van der Waals surface area contributed by atoms with Gasteiger partial charge in [-0.05, 0) is 37.7 Å². The van der Waals surface area contributed by atoms with Crippen molar-refractivity contribution in [3.05, 3.63) is 35.6 Å². The largest absolute Gasteiger partial charge is 0.466 e. The van der Waals surface area contributed by atoms with Gasteiger partial charge in [-0.2, -0.15) is 0 Å². The summed E-state index contributed by atoms with van der Waals surface area (Å²) in [6.45, 7) is 7.93. The monoisotopic (exact) mass is 267 g/mol. The highest BCUT2D eigenvalue weighted by molar-refractivity contribution is 5.70. The number of carbonyl (C=O) groups excluding carboxylic acids is 1. The molecule has 0 aromatic heterocycles. The summed E-state index contributed by atoms with van der Waals surface area (Å²) in [5.74, 6) is -0.484. The second kappa shape index (κ2) is 7.89. The molecule has 0 N–H and O–H groups in total. The Balaban J connectivity index is 2.91. The fourth-order valence-corrected chi connectivity index (χ4v) is 2.18. The molecular formula is C15H22FNO2. The Hall–Kier alpha value is -1.42. The molecule has 0 saturated heterocycles. The van der Waals surface area contributed by atoms with Gasteiger partial charge in [-0.1, -0.05) is 26.0 Å². The van der Waals surface area contributed by atoms with Crippen molar-refractivity contribution in [2.75, 3.05) is 19.7 Å². The van der Waals surface area contributed by atoms with E-state index in [9.17, 15) is 9.18 Å². The summed E-state index contributed by atoms with van der Waals surface area (Å²) < 4.78 is 18.0. The Labute approximate surface area is 114 Å². The number of hydrogen-bond acceptors (Lipinski definition) is 3. The van der Waals surface area contributed by atoms with Crippen LogP contribution in [0.1, 0.15) is 38.8 Å². The smallest absolute Gasteiger partial charge is 0.307 e. The predicted octanol–water partition coefficient (Wildman–Crippen LogP) is 3.16. The maximum Gasteiger partial charge on any atom is 0.307 e. The van der Waals surface area contributed by atoms with Crippen LogP contribution < -0.4 is 0 Å². The average molecular weight is 267 g/mol. The zero-order valence-corrected chi connectivity index (χ0v) is 11.9. The van der Waals surface area contributed by atoms with Crippen LogP contribution >= 0.6 is 0 Å². The molecule has 4 heteroatoms. The van der Waals surface area contributed by atoms with Crippen LogP contribution in [-0.2, 0) is 9.53 Å². The minimum atomic E-state index is -0.266. The van der Waals surface area contributed by atoms with Crippen molar-refractivity contribution in [3.8, 4) is 0 Å². The van der Waals surface area contributed by atoms with Gasteiger partial charge in [0.15, 0.2) is 0 Å². The molecule has 0 aliphatic rings. The molecule has 0 radical (unpaired) electrons. The lowest BCUT2D eigenvalue weighted by Crippen LogP contribution is -2.30. The fourth-order valence-electron chi connectivity index (χ4n) is 2.18. The van der Waals surface area contributed by atoms with Crippen molar-refractivity contribution in [3.63, 3.8) is 0 Å². The molecule has 0 aliphatic heterocycles. The van der Waals surface area contributed by atoms with Crippen molar-refractivity contribution < 1.29 is 13.9 Å². The first kappa shape index (κ1) is 15.6. The molecule has 1 aromatic rings. The molecule has 0 saturated carbocycles. The normalized spacial score (nSPS) is 12.5. The van der Waals surface area contributed by atoms with E-state index < -0.39 is 0 Å². The first-order valence-electron chi connectivity index (χ1n) is 6.77. The molecular weight excluding hydrogens is 245 g/mol. The Morgan fingerprint density at radius 2 is 1.79 bits per heavy atom. The summed E-state index contributed by atoms with van der Waals surface area (Å²) in [6, 6.07) is 6.26.